The van der Waals surface area contributed by atoms with Gasteiger partial charge in [0.1, 0.15) is 6.04 Å². The zero-order valence-corrected chi connectivity index (χ0v) is 17.6. The molecule has 2 amide bonds. The van der Waals surface area contributed by atoms with E-state index >= 15 is 0 Å². The van der Waals surface area contributed by atoms with E-state index in [1.807, 2.05) is 60.0 Å². The van der Waals surface area contributed by atoms with Crippen molar-refractivity contribution in [2.45, 2.75) is 44.2 Å². The maximum atomic E-state index is 13.5. The Morgan fingerprint density at radius 3 is 2.43 bits per heavy atom. The summed E-state index contributed by atoms with van der Waals surface area (Å²) in [5, 5.41) is 5.15. The molecule has 5 nitrogen and oxygen atoms in total. The van der Waals surface area contributed by atoms with Gasteiger partial charge < -0.3 is 5.32 Å². The fourth-order valence-corrected chi connectivity index (χ4v) is 4.68. The number of thiophene rings is 1. The monoisotopic (exact) mass is 419 g/mol. The first-order valence-corrected chi connectivity index (χ1v) is 11.2. The molecule has 1 N–H and O–H groups in total. The second kappa shape index (κ2) is 9.67. The normalized spacial score (nSPS) is 14.9. The molecular weight excluding hydrogens is 394 g/mol. The largest absolute Gasteiger partial charge is 0.351 e. The molecule has 1 fully saturated rings. The van der Waals surface area contributed by atoms with Crippen LogP contribution in [-0.2, 0) is 16.0 Å². The van der Waals surface area contributed by atoms with E-state index in [-0.39, 0.29) is 24.3 Å². The fraction of sp³-hybridized carbons (Fsp3) is 0.292. The molecule has 1 aliphatic carbocycles. The lowest BCUT2D eigenvalue weighted by Crippen LogP contribution is -2.46. The van der Waals surface area contributed by atoms with Gasteiger partial charge in [0.25, 0.3) is 0 Å². The number of rotatable bonds is 7. The molecule has 154 valence electrons. The van der Waals surface area contributed by atoms with Gasteiger partial charge in [0, 0.05) is 29.0 Å². The highest BCUT2D eigenvalue weighted by molar-refractivity contribution is 7.10. The van der Waals surface area contributed by atoms with E-state index in [9.17, 15) is 9.59 Å². The third kappa shape index (κ3) is 4.76. The summed E-state index contributed by atoms with van der Waals surface area (Å²) in [6.07, 6.45) is 7.82. The Morgan fingerprint density at radius 1 is 1.03 bits per heavy atom. The summed E-state index contributed by atoms with van der Waals surface area (Å²) in [7, 11) is 0. The predicted octanol–water partition coefficient (Wildman–Crippen LogP) is 4.52. The van der Waals surface area contributed by atoms with Crippen LogP contribution in [0.15, 0.2) is 72.4 Å². The van der Waals surface area contributed by atoms with E-state index in [1.165, 1.54) is 0 Å². The highest BCUT2D eigenvalue weighted by atomic mass is 32.1. The second-order valence-corrected chi connectivity index (χ2v) is 8.56. The summed E-state index contributed by atoms with van der Waals surface area (Å²) in [5.41, 5.74) is 1.46. The van der Waals surface area contributed by atoms with Gasteiger partial charge in [0.2, 0.25) is 11.8 Å². The van der Waals surface area contributed by atoms with E-state index in [0.717, 1.165) is 36.1 Å². The number of carbonyl (C=O) groups is 2. The molecule has 0 unspecified atom stereocenters. The van der Waals surface area contributed by atoms with Gasteiger partial charge in [-0.2, -0.15) is 0 Å². The molecule has 6 heteroatoms. The van der Waals surface area contributed by atoms with Crippen molar-refractivity contribution in [2.24, 2.45) is 0 Å². The average molecular weight is 420 g/mol. The number of pyridine rings is 1. The lowest BCUT2D eigenvalue weighted by molar-refractivity contribution is -0.127. The van der Waals surface area contributed by atoms with Crippen molar-refractivity contribution in [3.8, 4) is 0 Å². The molecule has 1 saturated carbocycles. The Bertz CT molecular complexity index is 955. The first-order chi connectivity index (χ1) is 14.7. The number of para-hydroxylation sites is 1. The van der Waals surface area contributed by atoms with Crippen molar-refractivity contribution in [3.05, 3.63) is 82.8 Å². The van der Waals surface area contributed by atoms with Crippen LogP contribution in [0.2, 0.25) is 0 Å². The van der Waals surface area contributed by atoms with E-state index in [0.29, 0.717) is 5.69 Å². The lowest BCUT2D eigenvalue weighted by atomic mass is 10.0. The molecule has 0 bridgehead atoms. The molecule has 0 saturated heterocycles. The minimum atomic E-state index is -0.747. The van der Waals surface area contributed by atoms with Gasteiger partial charge in [0.15, 0.2) is 0 Å². The molecule has 1 atom stereocenters. The van der Waals surface area contributed by atoms with Crippen molar-refractivity contribution in [3.63, 3.8) is 0 Å². The fourth-order valence-electron chi connectivity index (χ4n) is 3.99. The van der Waals surface area contributed by atoms with Gasteiger partial charge in [-0.15, -0.1) is 11.3 Å². The summed E-state index contributed by atoms with van der Waals surface area (Å²) in [5.74, 6) is -0.247. The van der Waals surface area contributed by atoms with E-state index < -0.39 is 6.04 Å². The molecule has 1 aliphatic rings. The molecule has 3 aromatic rings. The molecule has 0 aliphatic heterocycles. The number of nitrogens with zero attached hydrogens (tertiary/aromatic N) is 2. The number of hydrogen-bond acceptors (Lipinski definition) is 4. The van der Waals surface area contributed by atoms with E-state index in [4.69, 9.17) is 0 Å². The summed E-state index contributed by atoms with van der Waals surface area (Å²) in [6.45, 7) is 0. The zero-order valence-electron chi connectivity index (χ0n) is 16.7. The number of anilines is 1. The Hall–Kier alpha value is -2.99. The van der Waals surface area contributed by atoms with Crippen molar-refractivity contribution in [1.29, 1.82) is 0 Å². The van der Waals surface area contributed by atoms with Gasteiger partial charge in [-0.05, 0) is 54.1 Å². The first kappa shape index (κ1) is 20.3. The van der Waals surface area contributed by atoms with E-state index in [1.54, 1.807) is 28.6 Å². The first-order valence-electron chi connectivity index (χ1n) is 10.3. The quantitative estimate of drug-likeness (QED) is 0.612. The molecule has 1 aromatic carbocycles. The van der Waals surface area contributed by atoms with Gasteiger partial charge in [0.05, 0.1) is 6.42 Å². The molecule has 0 spiro atoms. The van der Waals surface area contributed by atoms with Crippen LogP contribution in [0, 0.1) is 0 Å². The SMILES string of the molecule is O=C(NC1CCCC1)[C@H](c1ccncc1)N(C(=O)Cc1cccs1)c1ccccc1. The van der Waals surface area contributed by atoms with Gasteiger partial charge in [-0.1, -0.05) is 37.1 Å². The maximum absolute atomic E-state index is 13.5. The molecule has 4 rings (SSSR count). The summed E-state index contributed by atoms with van der Waals surface area (Å²) < 4.78 is 0. The van der Waals surface area contributed by atoms with Crippen LogP contribution in [0.5, 0.6) is 0 Å². The number of benzene rings is 1. The summed E-state index contributed by atoms with van der Waals surface area (Å²) in [6, 6.07) is 16.4. The third-order valence-corrected chi connectivity index (χ3v) is 6.31. The van der Waals surface area contributed by atoms with Crippen LogP contribution in [0.4, 0.5) is 5.69 Å². The lowest BCUT2D eigenvalue weighted by Gasteiger charge is -2.32. The van der Waals surface area contributed by atoms with Crippen molar-refractivity contribution in [1.82, 2.24) is 10.3 Å². The van der Waals surface area contributed by atoms with Gasteiger partial charge in [-0.25, -0.2) is 0 Å². The highest BCUT2D eigenvalue weighted by Crippen LogP contribution is 2.30. The third-order valence-electron chi connectivity index (χ3n) is 5.44. The zero-order chi connectivity index (χ0) is 20.8. The number of amides is 2. The van der Waals surface area contributed by atoms with Crippen LogP contribution < -0.4 is 10.2 Å². The summed E-state index contributed by atoms with van der Waals surface area (Å²) >= 11 is 1.55. The highest BCUT2D eigenvalue weighted by Gasteiger charge is 2.34. The molecular formula is C24H25N3O2S. The van der Waals surface area contributed by atoms with Gasteiger partial charge in [-0.3, -0.25) is 19.5 Å². The Morgan fingerprint density at radius 2 is 1.77 bits per heavy atom. The number of nitrogens with one attached hydrogen (secondary N) is 1. The molecule has 30 heavy (non-hydrogen) atoms. The van der Waals surface area contributed by atoms with Crippen LogP contribution in [0.1, 0.15) is 42.2 Å². The smallest absolute Gasteiger partial charge is 0.248 e. The number of aromatic nitrogens is 1. The van der Waals surface area contributed by atoms with Crippen molar-refractivity contribution in [2.75, 3.05) is 4.90 Å². The number of hydrogen-bond donors (Lipinski definition) is 1. The minimum Gasteiger partial charge on any atom is -0.351 e. The predicted molar refractivity (Wildman–Crippen MR) is 119 cm³/mol. The van der Waals surface area contributed by atoms with Crippen LogP contribution in [0.25, 0.3) is 0 Å². The van der Waals surface area contributed by atoms with E-state index in [2.05, 4.69) is 10.3 Å². The molecule has 2 heterocycles. The van der Waals surface area contributed by atoms with Crippen LogP contribution >= 0.6 is 11.3 Å². The Kier molecular flexibility index (Phi) is 6.54. The number of carbonyl (C=O) groups excluding carboxylic acids is 2. The minimum absolute atomic E-state index is 0.105. The maximum Gasteiger partial charge on any atom is 0.248 e. The Labute approximate surface area is 180 Å². The molecule has 0 radical (unpaired) electrons. The van der Waals surface area contributed by atoms with Gasteiger partial charge >= 0.3 is 0 Å². The van der Waals surface area contributed by atoms with Crippen molar-refractivity contribution < 1.29 is 9.59 Å². The second-order valence-electron chi connectivity index (χ2n) is 7.53. The average Bonchev–Trinajstić information content (AvgIpc) is 3.47. The van der Waals surface area contributed by atoms with Crippen LogP contribution in [0.3, 0.4) is 0 Å². The summed E-state index contributed by atoms with van der Waals surface area (Å²) in [4.78, 5) is 33.7. The molecule has 2 aromatic heterocycles. The standard InChI is InChI=1S/C24H25N3O2S/c28-22(17-21-11-6-16-30-21)27(20-9-2-1-3-10-20)23(18-12-14-25-15-13-18)24(29)26-19-7-4-5-8-19/h1-3,6,9-16,19,23H,4-5,7-8,17H2,(H,26,29)/t23-/m0/s1. The van der Waals surface area contributed by atoms with Crippen LogP contribution in [-0.4, -0.2) is 22.8 Å². The Balaban J connectivity index is 1.71. The topological polar surface area (TPSA) is 62.3 Å². The van der Waals surface area contributed by atoms with Crippen molar-refractivity contribution >= 4 is 28.8 Å².